The molecule has 2 aliphatic rings. The van der Waals surface area contributed by atoms with Gasteiger partial charge < -0.3 is 26.0 Å². The van der Waals surface area contributed by atoms with Crippen LogP contribution >= 0.6 is 22.9 Å². The first kappa shape index (κ1) is 25.0. The summed E-state index contributed by atoms with van der Waals surface area (Å²) in [5, 5.41) is 37.1. The summed E-state index contributed by atoms with van der Waals surface area (Å²) < 4.78 is 14.1. The lowest BCUT2D eigenvalue weighted by molar-refractivity contribution is 0.00446. The van der Waals surface area contributed by atoms with Crippen molar-refractivity contribution in [2.75, 3.05) is 23.8 Å². The maximum atomic E-state index is 14.1. The molecule has 4 rings (SSSR count). The van der Waals surface area contributed by atoms with E-state index in [1.807, 2.05) is 6.08 Å². The lowest BCUT2D eigenvalue weighted by Gasteiger charge is -2.21. The Morgan fingerprint density at radius 1 is 1.32 bits per heavy atom. The first-order chi connectivity index (χ1) is 16.2. The number of halogens is 2. The van der Waals surface area contributed by atoms with Crippen LogP contribution in [0.2, 0.25) is 5.15 Å². The van der Waals surface area contributed by atoms with Crippen molar-refractivity contribution in [3.63, 3.8) is 0 Å². The van der Waals surface area contributed by atoms with Crippen molar-refractivity contribution in [1.82, 2.24) is 15.0 Å². The largest absolute Gasteiger partial charge is 0.396 e. The summed E-state index contributed by atoms with van der Waals surface area (Å²) in [7, 11) is 0. The molecule has 1 fully saturated rings. The predicted octanol–water partition coefficient (Wildman–Crippen LogP) is 3.30. The van der Waals surface area contributed by atoms with Crippen LogP contribution in [0.25, 0.3) is 16.6 Å². The molecule has 0 saturated heterocycles. The van der Waals surface area contributed by atoms with Gasteiger partial charge in [0.05, 0.1) is 29.9 Å². The number of hydrogen-bond acceptors (Lipinski definition) is 9. The smallest absolute Gasteiger partial charge is 0.226 e. The molecule has 0 radical (unpaired) electrons. The van der Waals surface area contributed by atoms with Crippen molar-refractivity contribution in [3.05, 3.63) is 34.0 Å². The molecule has 11 heteroatoms. The zero-order chi connectivity index (χ0) is 24.6. The standard InChI is InChI=1S/C23H29ClFN5O3S/c1-10(2)13(25)8-26-23-29-20(24)17(22-28-14-5-4-11(3)6-16(14)34-22)21(30-23)27-15-7-12(9-31)18(32)19(15)33/h4-5,11-13,15,18-19,31-33H,1,6-9H2,2-3H3,(H2,26,27,29,30). The van der Waals surface area contributed by atoms with Gasteiger partial charge in [0.15, 0.2) is 0 Å². The summed E-state index contributed by atoms with van der Waals surface area (Å²) in [5.41, 5.74) is 1.72. The number of nitrogens with zero attached hydrogens (tertiary/aromatic N) is 3. The molecule has 8 nitrogen and oxygen atoms in total. The number of nitrogens with one attached hydrogen (secondary N) is 2. The van der Waals surface area contributed by atoms with E-state index in [0.29, 0.717) is 34.3 Å². The van der Waals surface area contributed by atoms with Gasteiger partial charge in [-0.15, -0.1) is 11.3 Å². The van der Waals surface area contributed by atoms with Crippen molar-refractivity contribution in [1.29, 1.82) is 0 Å². The Kier molecular flexibility index (Phi) is 7.54. The maximum absolute atomic E-state index is 14.1. The van der Waals surface area contributed by atoms with Crippen LogP contribution in [0.5, 0.6) is 0 Å². The first-order valence-electron chi connectivity index (χ1n) is 11.2. The van der Waals surface area contributed by atoms with E-state index in [1.165, 1.54) is 11.3 Å². The molecule has 5 N–H and O–H groups in total. The van der Waals surface area contributed by atoms with Crippen molar-refractivity contribution in [2.45, 2.75) is 51.1 Å². The fraction of sp³-hybridized carbons (Fsp3) is 0.522. The number of aliphatic hydroxyl groups is 3. The average molecular weight is 510 g/mol. The molecule has 0 aromatic carbocycles. The molecule has 0 amide bonds. The second kappa shape index (κ2) is 10.2. The molecular formula is C23H29ClFN5O3S. The van der Waals surface area contributed by atoms with Crippen LogP contribution in [0.15, 0.2) is 18.2 Å². The lowest BCUT2D eigenvalue weighted by atomic mass is 10.0. The zero-order valence-electron chi connectivity index (χ0n) is 19.0. The fourth-order valence-corrected chi connectivity index (χ4v) is 5.70. The molecule has 2 aliphatic carbocycles. The molecule has 34 heavy (non-hydrogen) atoms. The number of rotatable bonds is 8. The van der Waals surface area contributed by atoms with E-state index < -0.39 is 30.3 Å². The summed E-state index contributed by atoms with van der Waals surface area (Å²) in [6.07, 6.45) is 1.84. The highest BCUT2D eigenvalue weighted by Gasteiger charge is 2.41. The van der Waals surface area contributed by atoms with E-state index in [4.69, 9.17) is 16.6 Å². The number of thiazole rings is 1. The van der Waals surface area contributed by atoms with Gasteiger partial charge >= 0.3 is 0 Å². The summed E-state index contributed by atoms with van der Waals surface area (Å²) in [4.78, 5) is 14.7. The normalized spacial score (nSPS) is 26.9. The van der Waals surface area contributed by atoms with Gasteiger partial charge in [0.25, 0.3) is 0 Å². The molecular weight excluding hydrogens is 481 g/mol. The topological polar surface area (TPSA) is 123 Å². The summed E-state index contributed by atoms with van der Waals surface area (Å²) in [6.45, 7) is 7.03. The third-order valence-corrected chi connectivity index (χ3v) is 7.61. The minimum Gasteiger partial charge on any atom is -0.396 e. The zero-order valence-corrected chi connectivity index (χ0v) is 20.6. The molecule has 6 unspecified atom stereocenters. The Morgan fingerprint density at radius 2 is 2.09 bits per heavy atom. The molecule has 0 aliphatic heterocycles. The Hall–Kier alpha value is -2.11. The summed E-state index contributed by atoms with van der Waals surface area (Å²) in [5.74, 6) is 0.365. The van der Waals surface area contributed by atoms with Crippen molar-refractivity contribution >= 4 is 40.8 Å². The average Bonchev–Trinajstić information content (AvgIpc) is 3.32. The molecule has 184 valence electrons. The summed E-state index contributed by atoms with van der Waals surface area (Å²) >= 11 is 8.10. The van der Waals surface area contributed by atoms with Crippen LogP contribution in [0, 0.1) is 11.8 Å². The third kappa shape index (κ3) is 5.11. The Morgan fingerprint density at radius 3 is 2.76 bits per heavy atom. The Bertz CT molecular complexity index is 1100. The lowest BCUT2D eigenvalue weighted by Crippen LogP contribution is -2.35. The van der Waals surface area contributed by atoms with Gasteiger partial charge in [-0.05, 0) is 37.3 Å². The second-order valence-electron chi connectivity index (χ2n) is 9.03. The van der Waals surface area contributed by atoms with Gasteiger partial charge in [-0.1, -0.05) is 31.2 Å². The van der Waals surface area contributed by atoms with Crippen LogP contribution in [-0.4, -0.2) is 67.8 Å². The molecule has 2 heterocycles. The predicted molar refractivity (Wildman–Crippen MR) is 133 cm³/mol. The Labute approximate surface area is 206 Å². The molecule has 1 saturated carbocycles. The molecule has 2 aromatic heterocycles. The van der Waals surface area contributed by atoms with E-state index in [0.717, 1.165) is 17.0 Å². The van der Waals surface area contributed by atoms with Crippen molar-refractivity contribution in [2.24, 2.45) is 11.8 Å². The minimum absolute atomic E-state index is 0.0734. The van der Waals surface area contributed by atoms with Crippen LogP contribution in [0.3, 0.4) is 0 Å². The number of allylic oxidation sites excluding steroid dienone is 1. The molecule has 0 spiro atoms. The number of aromatic nitrogens is 3. The van der Waals surface area contributed by atoms with Crippen molar-refractivity contribution < 1.29 is 19.7 Å². The highest BCUT2D eigenvalue weighted by Crippen LogP contribution is 2.41. The Balaban J connectivity index is 1.70. The number of aliphatic hydroxyl groups excluding tert-OH is 3. The van der Waals surface area contributed by atoms with E-state index in [-0.39, 0.29) is 24.3 Å². The minimum atomic E-state index is -1.28. The highest BCUT2D eigenvalue weighted by atomic mass is 35.5. The van der Waals surface area contributed by atoms with Crippen LogP contribution in [-0.2, 0) is 6.42 Å². The van der Waals surface area contributed by atoms with Gasteiger partial charge in [-0.25, -0.2) is 14.4 Å². The van der Waals surface area contributed by atoms with Crippen molar-refractivity contribution in [3.8, 4) is 10.6 Å². The van der Waals surface area contributed by atoms with Gasteiger partial charge in [0.2, 0.25) is 5.95 Å². The van der Waals surface area contributed by atoms with Gasteiger partial charge in [-0.2, -0.15) is 4.98 Å². The second-order valence-corrected chi connectivity index (χ2v) is 10.5. The molecule has 0 bridgehead atoms. The number of alkyl halides is 1. The van der Waals surface area contributed by atoms with E-state index in [2.05, 4.69) is 40.2 Å². The molecule has 6 atom stereocenters. The van der Waals surface area contributed by atoms with Gasteiger partial charge in [0.1, 0.15) is 28.3 Å². The number of hydrogen-bond donors (Lipinski definition) is 5. The highest BCUT2D eigenvalue weighted by molar-refractivity contribution is 7.15. The monoisotopic (exact) mass is 509 g/mol. The van der Waals surface area contributed by atoms with Crippen LogP contribution in [0.4, 0.5) is 16.2 Å². The maximum Gasteiger partial charge on any atom is 0.226 e. The van der Waals surface area contributed by atoms with E-state index >= 15 is 0 Å². The fourth-order valence-electron chi connectivity index (χ4n) is 4.15. The van der Waals surface area contributed by atoms with E-state index in [1.54, 1.807) is 6.92 Å². The number of fused-ring (bicyclic) bond motifs is 1. The summed E-state index contributed by atoms with van der Waals surface area (Å²) in [6, 6.07) is -0.580. The third-order valence-electron chi connectivity index (χ3n) is 6.23. The van der Waals surface area contributed by atoms with Gasteiger partial charge in [-0.3, -0.25) is 0 Å². The number of anilines is 2. The quantitative estimate of drug-likeness (QED) is 0.271. The first-order valence-corrected chi connectivity index (χ1v) is 12.4. The van der Waals surface area contributed by atoms with E-state index in [9.17, 15) is 19.7 Å². The van der Waals surface area contributed by atoms with Crippen LogP contribution in [0.1, 0.15) is 30.8 Å². The molecule has 2 aromatic rings. The SMILES string of the molecule is C=C(C)C(F)CNc1nc(Cl)c(-c2nc3c(s2)CC(C)C=C3)c(NC2CC(CO)C(O)C2O)n1. The van der Waals surface area contributed by atoms with Gasteiger partial charge in [0, 0.05) is 17.4 Å². The van der Waals surface area contributed by atoms with Crippen LogP contribution < -0.4 is 10.6 Å².